The monoisotopic (exact) mass is 352 g/mol. The van der Waals surface area contributed by atoms with Crippen molar-refractivity contribution in [3.63, 3.8) is 0 Å². The van der Waals surface area contributed by atoms with Gasteiger partial charge in [0.1, 0.15) is 11.5 Å². The van der Waals surface area contributed by atoms with Gasteiger partial charge < -0.3 is 9.47 Å². The summed E-state index contributed by atoms with van der Waals surface area (Å²) in [6, 6.07) is 13.8. The van der Waals surface area contributed by atoms with E-state index in [4.69, 9.17) is 14.6 Å². The van der Waals surface area contributed by atoms with Crippen LogP contribution in [0, 0.1) is 6.92 Å². The van der Waals surface area contributed by atoms with Gasteiger partial charge in [-0.1, -0.05) is 47.2 Å². The molecule has 0 amide bonds. The molecule has 6 nitrogen and oxygen atoms in total. The first-order valence-corrected chi connectivity index (χ1v) is 8.53. The third kappa shape index (κ3) is 2.62. The van der Waals surface area contributed by atoms with Gasteiger partial charge in [-0.25, -0.2) is 0 Å². The Morgan fingerprint density at radius 1 is 0.920 bits per heavy atom. The molecule has 0 aliphatic carbocycles. The van der Waals surface area contributed by atoms with Crippen molar-refractivity contribution in [3.05, 3.63) is 48.0 Å². The summed E-state index contributed by atoms with van der Waals surface area (Å²) in [5.74, 6) is 2.13. The lowest BCUT2D eigenvalue weighted by Crippen LogP contribution is -1.95. The number of hydrogen-bond donors (Lipinski definition) is 0. The number of hydrogen-bond acceptors (Lipinski definition) is 6. The number of aromatic nitrogens is 4. The van der Waals surface area contributed by atoms with E-state index in [1.807, 2.05) is 42.5 Å². The van der Waals surface area contributed by atoms with Crippen molar-refractivity contribution in [2.45, 2.75) is 6.92 Å². The molecular weight excluding hydrogens is 336 g/mol. The van der Waals surface area contributed by atoms with E-state index in [-0.39, 0.29) is 0 Å². The summed E-state index contributed by atoms with van der Waals surface area (Å²) in [6.45, 7) is 2.05. The van der Waals surface area contributed by atoms with Crippen LogP contribution in [-0.4, -0.2) is 34.0 Å². The number of fused-ring (bicyclic) bond motifs is 1. The molecule has 126 valence electrons. The van der Waals surface area contributed by atoms with E-state index in [1.165, 1.54) is 16.9 Å². The zero-order chi connectivity index (χ0) is 17.4. The van der Waals surface area contributed by atoms with Gasteiger partial charge in [-0.3, -0.25) is 0 Å². The fourth-order valence-corrected chi connectivity index (χ4v) is 3.56. The normalized spacial score (nSPS) is 11.0. The molecule has 0 unspecified atom stereocenters. The molecule has 0 bridgehead atoms. The molecule has 0 N–H and O–H groups in total. The van der Waals surface area contributed by atoms with Gasteiger partial charge in [-0.2, -0.15) is 9.61 Å². The van der Waals surface area contributed by atoms with E-state index >= 15 is 0 Å². The summed E-state index contributed by atoms with van der Waals surface area (Å²) < 4.78 is 12.7. The zero-order valence-electron chi connectivity index (χ0n) is 14.1. The van der Waals surface area contributed by atoms with Crippen LogP contribution in [0.1, 0.15) is 5.56 Å². The summed E-state index contributed by atoms with van der Waals surface area (Å²) in [7, 11) is 3.27. The minimum atomic E-state index is 0.709. The first-order valence-electron chi connectivity index (χ1n) is 7.72. The van der Waals surface area contributed by atoms with Crippen molar-refractivity contribution in [3.8, 4) is 33.5 Å². The molecule has 0 aliphatic heterocycles. The fraction of sp³-hybridized carbons (Fsp3) is 0.167. The van der Waals surface area contributed by atoms with Crippen molar-refractivity contribution < 1.29 is 9.47 Å². The van der Waals surface area contributed by atoms with Crippen molar-refractivity contribution in [2.75, 3.05) is 14.2 Å². The van der Waals surface area contributed by atoms with Crippen LogP contribution in [0.3, 0.4) is 0 Å². The second-order valence-electron chi connectivity index (χ2n) is 5.53. The third-order valence-electron chi connectivity index (χ3n) is 3.94. The molecule has 7 heteroatoms. The average Bonchev–Trinajstić information content (AvgIpc) is 3.22. The fourth-order valence-electron chi connectivity index (χ4n) is 2.66. The molecule has 4 rings (SSSR count). The Labute approximate surface area is 148 Å². The molecule has 2 heterocycles. The summed E-state index contributed by atoms with van der Waals surface area (Å²) in [5, 5.41) is 14.0. The summed E-state index contributed by atoms with van der Waals surface area (Å²) >= 11 is 1.45. The summed E-state index contributed by atoms with van der Waals surface area (Å²) in [6.07, 6.45) is 0. The summed E-state index contributed by atoms with van der Waals surface area (Å²) in [4.78, 5) is 0.721. The van der Waals surface area contributed by atoms with Gasteiger partial charge in [0.2, 0.25) is 4.96 Å². The minimum absolute atomic E-state index is 0.709. The maximum absolute atomic E-state index is 5.48. The molecule has 0 radical (unpaired) electrons. The first-order chi connectivity index (χ1) is 12.2. The molecule has 25 heavy (non-hydrogen) atoms. The van der Waals surface area contributed by atoms with E-state index in [0.29, 0.717) is 17.3 Å². The molecule has 0 aliphatic rings. The topological polar surface area (TPSA) is 61.5 Å². The Morgan fingerprint density at radius 3 is 2.24 bits per heavy atom. The molecule has 0 fully saturated rings. The van der Waals surface area contributed by atoms with E-state index in [0.717, 1.165) is 21.1 Å². The van der Waals surface area contributed by atoms with Gasteiger partial charge >= 0.3 is 0 Å². The minimum Gasteiger partial charge on any atom is -0.496 e. The van der Waals surface area contributed by atoms with E-state index in [9.17, 15) is 0 Å². The van der Waals surface area contributed by atoms with Crippen LogP contribution in [0.15, 0.2) is 42.5 Å². The van der Waals surface area contributed by atoms with Gasteiger partial charge in [0, 0.05) is 5.56 Å². The molecule has 2 aromatic heterocycles. The molecule has 4 aromatic rings. The Bertz CT molecular complexity index is 1010. The molecule has 0 saturated carbocycles. The van der Waals surface area contributed by atoms with Crippen LogP contribution in [-0.2, 0) is 0 Å². The lowest BCUT2D eigenvalue weighted by atomic mass is 10.1. The largest absolute Gasteiger partial charge is 0.496 e. The van der Waals surface area contributed by atoms with Crippen LogP contribution < -0.4 is 9.47 Å². The number of rotatable bonds is 4. The van der Waals surface area contributed by atoms with Crippen molar-refractivity contribution in [2.24, 2.45) is 0 Å². The van der Waals surface area contributed by atoms with Gasteiger partial charge in [-0.15, -0.1) is 10.2 Å². The Hall–Kier alpha value is -2.93. The van der Waals surface area contributed by atoms with Gasteiger partial charge in [0.25, 0.3) is 0 Å². The van der Waals surface area contributed by atoms with Gasteiger partial charge in [-0.05, 0) is 19.1 Å². The van der Waals surface area contributed by atoms with E-state index in [1.54, 1.807) is 18.7 Å². The predicted molar refractivity (Wildman–Crippen MR) is 97.4 cm³/mol. The second kappa shape index (κ2) is 6.18. The van der Waals surface area contributed by atoms with Crippen LogP contribution >= 0.6 is 11.3 Å². The molecular formula is C18H16N4O2S. The third-order valence-corrected chi connectivity index (χ3v) is 4.86. The lowest BCUT2D eigenvalue weighted by molar-refractivity contribution is 0.397. The van der Waals surface area contributed by atoms with Crippen molar-refractivity contribution in [1.82, 2.24) is 19.8 Å². The standard InChI is InChI=1S/C18H16N4O2S/c1-11-7-9-12(10-8-11)16-19-20-18-22(16)21-17(25-18)15-13(23-2)5-4-6-14(15)24-3/h4-10H,1-3H3. The Balaban J connectivity index is 1.88. The maximum atomic E-state index is 5.48. The first kappa shape index (κ1) is 15.6. The number of benzene rings is 2. The highest BCUT2D eigenvalue weighted by molar-refractivity contribution is 7.19. The van der Waals surface area contributed by atoms with Crippen molar-refractivity contribution in [1.29, 1.82) is 0 Å². The van der Waals surface area contributed by atoms with Crippen LogP contribution in [0.2, 0.25) is 0 Å². The lowest BCUT2D eigenvalue weighted by Gasteiger charge is -2.10. The summed E-state index contributed by atoms with van der Waals surface area (Å²) in [5.41, 5.74) is 2.99. The molecule has 0 saturated heterocycles. The number of ether oxygens (including phenoxy) is 2. The highest BCUT2D eigenvalue weighted by Gasteiger charge is 2.20. The van der Waals surface area contributed by atoms with Crippen LogP contribution in [0.5, 0.6) is 11.5 Å². The van der Waals surface area contributed by atoms with Crippen LogP contribution in [0.25, 0.3) is 26.9 Å². The number of aryl methyl sites for hydroxylation is 1. The quantitative estimate of drug-likeness (QED) is 0.558. The van der Waals surface area contributed by atoms with Crippen LogP contribution in [0.4, 0.5) is 0 Å². The second-order valence-corrected chi connectivity index (χ2v) is 6.48. The highest BCUT2D eigenvalue weighted by Crippen LogP contribution is 2.40. The van der Waals surface area contributed by atoms with Gasteiger partial charge in [0.15, 0.2) is 10.8 Å². The highest BCUT2D eigenvalue weighted by atomic mass is 32.1. The number of methoxy groups -OCH3 is 2. The van der Waals surface area contributed by atoms with E-state index < -0.39 is 0 Å². The maximum Gasteiger partial charge on any atom is 0.235 e. The Morgan fingerprint density at radius 2 is 1.60 bits per heavy atom. The molecule has 0 atom stereocenters. The predicted octanol–water partition coefficient (Wildman–Crippen LogP) is 3.85. The van der Waals surface area contributed by atoms with E-state index in [2.05, 4.69) is 17.1 Å². The van der Waals surface area contributed by atoms with Crippen molar-refractivity contribution >= 4 is 16.3 Å². The molecule has 2 aromatic carbocycles. The average molecular weight is 352 g/mol. The number of nitrogens with zero attached hydrogens (tertiary/aromatic N) is 4. The molecule has 0 spiro atoms. The zero-order valence-corrected chi connectivity index (χ0v) is 14.9. The van der Waals surface area contributed by atoms with Gasteiger partial charge in [0.05, 0.1) is 19.8 Å². The SMILES string of the molecule is COc1cccc(OC)c1-c1nn2c(-c3ccc(C)cc3)nnc2s1. The Kier molecular flexibility index (Phi) is 3.85. The smallest absolute Gasteiger partial charge is 0.235 e.